The van der Waals surface area contributed by atoms with Gasteiger partial charge < -0.3 is 54.0 Å². The molecule has 0 saturated heterocycles. The SMILES string of the molecule is CC[C@H](C)[C@H](NC(=O)[C@@H](N)CCCCN)C(=O)N[C@@H](CO)C(=O)N[C@@H](CCC(N)=O)C(=O)N[C@@H](CC(C)C)C(=O)N[C@@H](C)C(=O)O. The van der Waals surface area contributed by atoms with Crippen LogP contribution in [0.4, 0.5) is 0 Å². The number of aliphatic hydroxyl groups is 1. The Morgan fingerprint density at radius 3 is 1.76 bits per heavy atom. The summed E-state index contributed by atoms with van der Waals surface area (Å²) in [5, 5.41) is 31.2. The molecular weight excluding hydrogens is 604 g/mol. The van der Waals surface area contributed by atoms with Crippen molar-refractivity contribution in [3.05, 3.63) is 0 Å². The van der Waals surface area contributed by atoms with Crippen molar-refractivity contribution in [2.24, 2.45) is 29.0 Å². The summed E-state index contributed by atoms with van der Waals surface area (Å²) in [7, 11) is 0. The molecule has 46 heavy (non-hydrogen) atoms. The molecule has 7 atom stereocenters. The zero-order valence-corrected chi connectivity index (χ0v) is 27.5. The molecule has 0 unspecified atom stereocenters. The van der Waals surface area contributed by atoms with Gasteiger partial charge in [-0.25, -0.2) is 0 Å². The number of carbonyl (C=O) groups is 7. The summed E-state index contributed by atoms with van der Waals surface area (Å²) in [5.74, 6) is -6.53. The molecular formula is C29H54N8O9. The zero-order chi connectivity index (χ0) is 35.6. The first-order valence-electron chi connectivity index (χ1n) is 15.6. The van der Waals surface area contributed by atoms with Crippen molar-refractivity contribution in [3.8, 4) is 0 Å². The van der Waals surface area contributed by atoms with Gasteiger partial charge in [-0.2, -0.15) is 0 Å². The number of carbonyl (C=O) groups excluding carboxylic acids is 6. The molecule has 17 heteroatoms. The molecule has 0 radical (unpaired) electrons. The van der Waals surface area contributed by atoms with Crippen LogP contribution in [0, 0.1) is 11.8 Å². The molecule has 0 aliphatic rings. The van der Waals surface area contributed by atoms with Gasteiger partial charge in [0.2, 0.25) is 35.4 Å². The van der Waals surface area contributed by atoms with Crippen LogP contribution in [0.3, 0.4) is 0 Å². The van der Waals surface area contributed by atoms with Crippen molar-refractivity contribution in [3.63, 3.8) is 0 Å². The van der Waals surface area contributed by atoms with Gasteiger partial charge in [-0.3, -0.25) is 33.6 Å². The van der Waals surface area contributed by atoms with E-state index in [0.29, 0.717) is 32.2 Å². The van der Waals surface area contributed by atoms with Gasteiger partial charge >= 0.3 is 5.97 Å². The first-order chi connectivity index (χ1) is 21.5. The smallest absolute Gasteiger partial charge is 0.325 e. The highest BCUT2D eigenvalue weighted by Gasteiger charge is 2.33. The van der Waals surface area contributed by atoms with Crippen LogP contribution >= 0.6 is 0 Å². The van der Waals surface area contributed by atoms with Crippen molar-refractivity contribution in [2.75, 3.05) is 13.2 Å². The van der Waals surface area contributed by atoms with Crippen LogP contribution in [-0.2, 0) is 33.6 Å². The van der Waals surface area contributed by atoms with Gasteiger partial charge in [-0.15, -0.1) is 0 Å². The average Bonchev–Trinajstić information content (AvgIpc) is 2.98. The summed E-state index contributed by atoms with van der Waals surface area (Å²) in [5.41, 5.74) is 16.7. The van der Waals surface area contributed by atoms with Crippen LogP contribution in [-0.4, -0.2) is 101 Å². The maximum absolute atomic E-state index is 13.3. The van der Waals surface area contributed by atoms with E-state index < -0.39 is 84.3 Å². The number of primary amides is 1. The standard InChI is InChI=1S/C29H54N8O9/c1-6-16(4)23(37-24(40)18(31)9-7-8-12-30)28(44)36-21(14-38)27(43)34-19(10-11-22(32)39)25(41)35-20(13-15(2)3)26(42)33-17(5)29(45)46/h15-21,23,38H,6-14,30-31H2,1-5H3,(H2,32,39)(H,33,42)(H,34,43)(H,35,41)(H,36,44)(H,37,40)(H,45,46)/t16-,17-,18-,19-,20-,21-,23-/m0/s1. The number of hydrogen-bond acceptors (Lipinski definition) is 10. The third kappa shape index (κ3) is 15.9. The number of aliphatic hydroxyl groups excluding tert-OH is 1. The molecule has 0 aromatic rings. The summed E-state index contributed by atoms with van der Waals surface area (Å²) in [6, 6.07) is -7.41. The number of nitrogens with one attached hydrogen (secondary N) is 5. The quantitative estimate of drug-likeness (QED) is 0.0505. The highest BCUT2D eigenvalue weighted by Crippen LogP contribution is 2.11. The highest BCUT2D eigenvalue weighted by atomic mass is 16.4. The number of rotatable bonds is 23. The van der Waals surface area contributed by atoms with Crippen molar-refractivity contribution in [1.82, 2.24) is 26.6 Å². The largest absolute Gasteiger partial charge is 0.480 e. The summed E-state index contributed by atoms with van der Waals surface area (Å²) in [6.45, 7) is 7.88. The Kier molecular flexibility index (Phi) is 20.0. The maximum Gasteiger partial charge on any atom is 0.325 e. The minimum atomic E-state index is -1.57. The fraction of sp³-hybridized carbons (Fsp3) is 0.759. The molecule has 17 nitrogen and oxygen atoms in total. The summed E-state index contributed by atoms with van der Waals surface area (Å²) in [6.07, 6.45) is 1.63. The molecule has 0 rings (SSSR count). The van der Waals surface area contributed by atoms with Crippen LogP contribution in [0.5, 0.6) is 0 Å². The van der Waals surface area contributed by atoms with Crippen molar-refractivity contribution in [1.29, 1.82) is 0 Å². The Morgan fingerprint density at radius 1 is 0.717 bits per heavy atom. The fourth-order valence-electron chi connectivity index (χ4n) is 4.24. The van der Waals surface area contributed by atoms with E-state index in [4.69, 9.17) is 22.3 Å². The van der Waals surface area contributed by atoms with Crippen LogP contribution in [0.1, 0.15) is 79.6 Å². The molecule has 0 bridgehead atoms. The van der Waals surface area contributed by atoms with E-state index in [-0.39, 0.29) is 31.1 Å². The average molecular weight is 659 g/mol. The number of amides is 6. The normalized spacial score (nSPS) is 15.7. The molecule has 0 heterocycles. The first kappa shape index (κ1) is 42.2. The Labute approximate surface area is 269 Å². The van der Waals surface area contributed by atoms with Crippen molar-refractivity contribution in [2.45, 2.75) is 116 Å². The molecule has 264 valence electrons. The van der Waals surface area contributed by atoms with E-state index in [1.165, 1.54) is 6.92 Å². The summed E-state index contributed by atoms with van der Waals surface area (Å²) >= 11 is 0. The van der Waals surface area contributed by atoms with Gasteiger partial charge in [0.15, 0.2) is 0 Å². The van der Waals surface area contributed by atoms with Crippen molar-refractivity contribution >= 4 is 41.4 Å². The van der Waals surface area contributed by atoms with Gasteiger partial charge in [0, 0.05) is 6.42 Å². The number of hydrogen-bond donors (Lipinski definition) is 10. The predicted octanol–water partition coefficient (Wildman–Crippen LogP) is -2.68. The zero-order valence-electron chi connectivity index (χ0n) is 27.5. The minimum absolute atomic E-state index is 0.108. The topological polar surface area (TPSA) is 298 Å². The van der Waals surface area contributed by atoms with E-state index in [2.05, 4.69) is 26.6 Å². The van der Waals surface area contributed by atoms with Crippen molar-refractivity contribution < 1.29 is 43.8 Å². The van der Waals surface area contributed by atoms with Gasteiger partial charge in [0.1, 0.15) is 30.2 Å². The third-order valence-corrected chi connectivity index (χ3v) is 7.30. The molecule has 0 aliphatic heterocycles. The Hall–Kier alpha value is -3.83. The molecule has 0 aliphatic carbocycles. The minimum Gasteiger partial charge on any atom is -0.480 e. The van der Waals surface area contributed by atoms with E-state index in [1.807, 2.05) is 0 Å². The highest BCUT2D eigenvalue weighted by molar-refractivity contribution is 5.96. The summed E-state index contributed by atoms with van der Waals surface area (Å²) in [4.78, 5) is 87.8. The van der Waals surface area contributed by atoms with Crippen LogP contribution in [0.15, 0.2) is 0 Å². The van der Waals surface area contributed by atoms with Gasteiger partial charge in [-0.1, -0.05) is 40.5 Å². The number of aliphatic carboxylic acids is 1. The fourth-order valence-corrected chi connectivity index (χ4v) is 4.24. The molecule has 6 amide bonds. The monoisotopic (exact) mass is 658 g/mol. The van der Waals surface area contributed by atoms with Gasteiger partial charge in [0.25, 0.3) is 0 Å². The van der Waals surface area contributed by atoms with Crippen LogP contribution in [0.25, 0.3) is 0 Å². The number of unbranched alkanes of at least 4 members (excludes halogenated alkanes) is 1. The molecule has 13 N–H and O–H groups in total. The molecule has 0 fully saturated rings. The lowest BCUT2D eigenvalue weighted by Crippen LogP contribution is -2.60. The predicted molar refractivity (Wildman–Crippen MR) is 168 cm³/mol. The first-order valence-corrected chi connectivity index (χ1v) is 15.6. The van der Waals surface area contributed by atoms with Crippen LogP contribution < -0.4 is 43.8 Å². The third-order valence-electron chi connectivity index (χ3n) is 7.30. The second-order valence-electron chi connectivity index (χ2n) is 11.8. The Balaban J connectivity index is 5.85. The van der Waals surface area contributed by atoms with Crippen LogP contribution in [0.2, 0.25) is 0 Å². The van der Waals surface area contributed by atoms with Gasteiger partial charge in [-0.05, 0) is 51.0 Å². The second-order valence-corrected chi connectivity index (χ2v) is 11.8. The lowest BCUT2D eigenvalue weighted by Gasteiger charge is -2.28. The Morgan fingerprint density at radius 2 is 1.26 bits per heavy atom. The van der Waals surface area contributed by atoms with Gasteiger partial charge in [0.05, 0.1) is 12.6 Å². The molecule has 0 aromatic heterocycles. The number of nitrogens with two attached hydrogens (primary N) is 3. The van der Waals surface area contributed by atoms with E-state index in [1.54, 1.807) is 27.7 Å². The molecule has 0 spiro atoms. The lowest BCUT2D eigenvalue weighted by atomic mass is 9.97. The maximum atomic E-state index is 13.3. The summed E-state index contributed by atoms with van der Waals surface area (Å²) < 4.78 is 0. The molecule has 0 saturated carbocycles. The van der Waals surface area contributed by atoms with E-state index >= 15 is 0 Å². The molecule has 0 aromatic carbocycles. The Bertz CT molecular complexity index is 1040. The number of carboxylic acid groups (broad SMARTS) is 1. The number of carboxylic acids is 1. The van der Waals surface area contributed by atoms with E-state index in [9.17, 15) is 38.7 Å². The van der Waals surface area contributed by atoms with E-state index in [0.717, 1.165) is 0 Å². The second kappa shape index (κ2) is 21.8. The lowest BCUT2D eigenvalue weighted by molar-refractivity contribution is -0.142.